The van der Waals surface area contributed by atoms with Gasteiger partial charge in [-0.3, -0.25) is 0 Å². The molecule has 2 aromatic heterocycles. The van der Waals surface area contributed by atoms with Gasteiger partial charge in [0, 0.05) is 42.2 Å². The summed E-state index contributed by atoms with van der Waals surface area (Å²) in [6.45, 7) is 0. The second-order valence-corrected chi connectivity index (χ2v) is 9.35. The first-order valence-corrected chi connectivity index (χ1v) is 11.8. The molecule has 0 radical (unpaired) electrons. The van der Waals surface area contributed by atoms with Crippen LogP contribution in [0.2, 0.25) is 0 Å². The van der Waals surface area contributed by atoms with Gasteiger partial charge < -0.3 is 9.73 Å². The molecule has 5 aromatic carbocycles. The van der Waals surface area contributed by atoms with Crippen molar-refractivity contribution in [3.63, 3.8) is 0 Å². The van der Waals surface area contributed by atoms with Gasteiger partial charge in [-0.2, -0.15) is 0 Å². The van der Waals surface area contributed by atoms with Gasteiger partial charge in [0.05, 0.1) is 5.69 Å². The minimum atomic E-state index is 0.882. The molecule has 0 atom stereocenters. The summed E-state index contributed by atoms with van der Waals surface area (Å²) < 4.78 is 9.12. The highest BCUT2D eigenvalue weighted by Gasteiger charge is 2.15. The summed E-state index contributed by atoms with van der Waals surface area (Å²) in [4.78, 5) is 0. The van der Waals surface area contributed by atoms with Crippen LogP contribution >= 0.6 is 11.3 Å². The van der Waals surface area contributed by atoms with Crippen molar-refractivity contribution in [2.24, 2.45) is 0 Å². The summed E-state index contributed by atoms with van der Waals surface area (Å²) in [5.74, 6) is 0. The predicted octanol–water partition coefficient (Wildman–Crippen LogP) is 9.36. The second kappa shape index (κ2) is 7.22. The maximum atomic E-state index is 6.52. The minimum Gasteiger partial charge on any atom is -0.453 e. The van der Waals surface area contributed by atoms with Crippen LogP contribution in [0.4, 0.5) is 11.4 Å². The van der Waals surface area contributed by atoms with Gasteiger partial charge >= 0.3 is 0 Å². The smallest absolute Gasteiger partial charge is 0.158 e. The summed E-state index contributed by atoms with van der Waals surface area (Å²) >= 11 is 1.83. The lowest BCUT2D eigenvalue weighted by atomic mass is 10.0. The number of nitrogens with one attached hydrogen (secondary N) is 1. The van der Waals surface area contributed by atoms with Crippen molar-refractivity contribution in [3.05, 3.63) is 109 Å². The number of anilines is 2. The number of hydrogen-bond donors (Lipinski definition) is 1. The molecule has 1 N–H and O–H groups in total. The molecular weight excluding hydrogens is 422 g/mol. The normalized spacial score (nSPS) is 11.6. The maximum absolute atomic E-state index is 6.52. The maximum Gasteiger partial charge on any atom is 0.158 e. The van der Waals surface area contributed by atoms with E-state index >= 15 is 0 Å². The highest BCUT2D eigenvalue weighted by Crippen LogP contribution is 2.40. The van der Waals surface area contributed by atoms with E-state index in [1.807, 2.05) is 17.4 Å². The molecule has 0 amide bonds. The average molecular weight is 442 g/mol. The Balaban J connectivity index is 1.37. The Kier molecular flexibility index (Phi) is 4.05. The Morgan fingerprint density at radius 3 is 2.18 bits per heavy atom. The molecule has 0 aliphatic carbocycles. The van der Waals surface area contributed by atoms with Crippen LogP contribution in [-0.4, -0.2) is 0 Å². The molecule has 7 rings (SSSR count). The lowest BCUT2D eigenvalue weighted by molar-refractivity contribution is 0.671. The number of para-hydroxylation sites is 2. The molecule has 0 unspecified atom stereocenters. The van der Waals surface area contributed by atoms with Gasteiger partial charge in [0.2, 0.25) is 0 Å². The van der Waals surface area contributed by atoms with E-state index < -0.39 is 0 Å². The third-order valence-electron chi connectivity index (χ3n) is 6.27. The van der Waals surface area contributed by atoms with Gasteiger partial charge in [0.1, 0.15) is 5.58 Å². The Hall–Kier alpha value is -4.08. The molecule has 0 spiro atoms. The van der Waals surface area contributed by atoms with Crippen LogP contribution in [0.1, 0.15) is 0 Å². The molecule has 0 aliphatic heterocycles. The molecule has 33 heavy (non-hydrogen) atoms. The number of rotatable bonds is 3. The van der Waals surface area contributed by atoms with Gasteiger partial charge in [-0.05, 0) is 29.8 Å². The Bertz CT molecular complexity index is 1790. The van der Waals surface area contributed by atoms with Gasteiger partial charge in [-0.1, -0.05) is 84.9 Å². The van der Waals surface area contributed by atoms with Crippen LogP contribution in [0, 0.1) is 0 Å². The standard InChI is InChI=1S/C30H19NOS/c1-2-8-19(9-3-1)21-11-6-12-24-25-13-7-14-26(30(25)32-29(21)24)31-20-16-17-23-22-10-4-5-15-27(22)33-28(23)18-20/h1-18,31H. The van der Waals surface area contributed by atoms with Crippen LogP contribution < -0.4 is 5.32 Å². The fourth-order valence-electron chi connectivity index (χ4n) is 4.72. The number of fused-ring (bicyclic) bond motifs is 6. The molecule has 0 saturated heterocycles. The van der Waals surface area contributed by atoms with Crippen molar-refractivity contribution < 1.29 is 4.42 Å². The lowest BCUT2D eigenvalue weighted by Crippen LogP contribution is -1.89. The van der Waals surface area contributed by atoms with E-state index in [0.29, 0.717) is 0 Å². The number of furan rings is 1. The van der Waals surface area contributed by atoms with Gasteiger partial charge in [0.25, 0.3) is 0 Å². The lowest BCUT2D eigenvalue weighted by Gasteiger charge is -2.07. The van der Waals surface area contributed by atoms with Crippen LogP contribution in [0.25, 0.3) is 53.2 Å². The summed E-state index contributed by atoms with van der Waals surface area (Å²) in [6, 6.07) is 38.3. The topological polar surface area (TPSA) is 25.2 Å². The molecule has 156 valence electrons. The van der Waals surface area contributed by atoms with Gasteiger partial charge in [0.15, 0.2) is 5.58 Å². The molecule has 0 saturated carbocycles. The first-order chi connectivity index (χ1) is 16.3. The summed E-state index contributed by atoms with van der Waals surface area (Å²) in [6.07, 6.45) is 0. The third-order valence-corrected chi connectivity index (χ3v) is 7.40. The van der Waals surface area contributed by atoms with Gasteiger partial charge in [-0.15, -0.1) is 11.3 Å². The fraction of sp³-hybridized carbons (Fsp3) is 0. The molecule has 0 aliphatic rings. The molecular formula is C30H19NOS. The largest absolute Gasteiger partial charge is 0.453 e. The van der Waals surface area contributed by atoms with Crippen molar-refractivity contribution >= 4 is 64.8 Å². The Morgan fingerprint density at radius 1 is 0.545 bits per heavy atom. The molecule has 7 aromatic rings. The molecule has 0 bridgehead atoms. The van der Waals surface area contributed by atoms with Gasteiger partial charge in [-0.25, -0.2) is 0 Å². The second-order valence-electron chi connectivity index (χ2n) is 8.27. The van der Waals surface area contributed by atoms with Crippen molar-refractivity contribution in [1.82, 2.24) is 0 Å². The highest BCUT2D eigenvalue weighted by atomic mass is 32.1. The van der Waals surface area contributed by atoms with E-state index in [0.717, 1.165) is 44.4 Å². The van der Waals surface area contributed by atoms with Crippen molar-refractivity contribution in [2.75, 3.05) is 5.32 Å². The zero-order chi connectivity index (χ0) is 21.8. The summed E-state index contributed by atoms with van der Waals surface area (Å²) in [5.41, 5.74) is 6.11. The van der Waals surface area contributed by atoms with Crippen LogP contribution in [0.15, 0.2) is 114 Å². The van der Waals surface area contributed by atoms with E-state index in [2.05, 4.69) is 108 Å². The van der Waals surface area contributed by atoms with E-state index in [4.69, 9.17) is 4.42 Å². The first-order valence-electron chi connectivity index (χ1n) is 11.0. The monoisotopic (exact) mass is 441 g/mol. The Labute approximate surface area is 194 Å². The van der Waals surface area contributed by atoms with E-state index in [9.17, 15) is 0 Å². The summed E-state index contributed by atoms with van der Waals surface area (Å²) in [7, 11) is 0. The number of benzene rings is 5. The van der Waals surface area contributed by atoms with Crippen molar-refractivity contribution in [3.8, 4) is 11.1 Å². The molecule has 2 nitrogen and oxygen atoms in total. The predicted molar refractivity (Wildman–Crippen MR) is 142 cm³/mol. The van der Waals surface area contributed by atoms with E-state index in [-0.39, 0.29) is 0 Å². The first kappa shape index (κ1) is 18.5. The highest BCUT2D eigenvalue weighted by molar-refractivity contribution is 7.25. The number of hydrogen-bond acceptors (Lipinski definition) is 3. The summed E-state index contributed by atoms with van der Waals surface area (Å²) in [5, 5.41) is 8.49. The number of thiophene rings is 1. The van der Waals surface area contributed by atoms with Crippen molar-refractivity contribution in [2.45, 2.75) is 0 Å². The SMILES string of the molecule is c1ccc(-c2cccc3c2oc2c(Nc4ccc5c(c4)sc4ccccc45)cccc23)cc1. The fourth-order valence-corrected chi connectivity index (χ4v) is 5.87. The van der Waals surface area contributed by atoms with E-state index in [1.165, 1.54) is 20.2 Å². The molecule has 3 heteroatoms. The van der Waals surface area contributed by atoms with E-state index in [1.54, 1.807) is 0 Å². The van der Waals surface area contributed by atoms with Crippen LogP contribution in [-0.2, 0) is 0 Å². The zero-order valence-corrected chi connectivity index (χ0v) is 18.5. The third kappa shape index (κ3) is 2.94. The average Bonchev–Trinajstić information content (AvgIpc) is 3.43. The van der Waals surface area contributed by atoms with Crippen molar-refractivity contribution in [1.29, 1.82) is 0 Å². The Morgan fingerprint density at radius 2 is 1.27 bits per heavy atom. The molecule has 2 heterocycles. The quantitative estimate of drug-likeness (QED) is 0.295. The van der Waals surface area contributed by atoms with Crippen LogP contribution in [0.5, 0.6) is 0 Å². The minimum absolute atomic E-state index is 0.882. The molecule has 0 fully saturated rings. The zero-order valence-electron chi connectivity index (χ0n) is 17.7. The van der Waals surface area contributed by atoms with Crippen LogP contribution in [0.3, 0.4) is 0 Å².